The Morgan fingerprint density at radius 2 is 1.92 bits per heavy atom. The molecule has 4 aromatic rings. The second kappa shape index (κ2) is 6.10. The Kier molecular flexibility index (Phi) is 3.77. The van der Waals surface area contributed by atoms with Crippen LogP contribution in [0.2, 0.25) is 0 Å². The van der Waals surface area contributed by atoms with Gasteiger partial charge >= 0.3 is 0 Å². The minimum Gasteiger partial charge on any atom is -0.496 e. The van der Waals surface area contributed by atoms with Crippen LogP contribution in [0.1, 0.15) is 5.56 Å². The highest BCUT2D eigenvalue weighted by Crippen LogP contribution is 2.19. The lowest BCUT2D eigenvalue weighted by Crippen LogP contribution is -2.23. The average Bonchev–Trinajstić information content (AvgIpc) is 3.16. The average molecular weight is 353 g/mol. The van der Waals surface area contributed by atoms with Gasteiger partial charge in [0.05, 0.1) is 11.6 Å². The quantitative estimate of drug-likeness (QED) is 0.568. The van der Waals surface area contributed by atoms with Crippen LogP contribution in [0.3, 0.4) is 0 Å². The van der Waals surface area contributed by atoms with Crippen LogP contribution < -0.4 is 14.8 Å². The zero-order chi connectivity index (χ0) is 17.4. The lowest BCUT2D eigenvalue weighted by molar-refractivity contribution is 0.414. The van der Waals surface area contributed by atoms with Gasteiger partial charge in [0.25, 0.3) is 5.56 Å². The van der Waals surface area contributed by atoms with Gasteiger partial charge in [0.2, 0.25) is 4.96 Å². The Labute approximate surface area is 145 Å². The molecule has 124 valence electrons. The number of fused-ring (bicyclic) bond motifs is 1. The van der Waals surface area contributed by atoms with Gasteiger partial charge in [-0.05, 0) is 36.4 Å². The predicted molar refractivity (Wildman–Crippen MR) is 94.3 cm³/mol. The molecule has 0 spiro atoms. The van der Waals surface area contributed by atoms with Gasteiger partial charge in [-0.3, -0.25) is 4.79 Å². The second-order valence-electron chi connectivity index (χ2n) is 5.29. The van der Waals surface area contributed by atoms with Crippen molar-refractivity contribution in [1.82, 2.24) is 14.6 Å². The molecule has 0 aliphatic rings. The molecular weight excluding hydrogens is 341 g/mol. The Morgan fingerprint density at radius 3 is 2.64 bits per heavy atom. The third-order valence-electron chi connectivity index (χ3n) is 3.71. The molecule has 2 aromatic carbocycles. The Hall–Kier alpha value is -3.06. The van der Waals surface area contributed by atoms with E-state index in [0.717, 1.165) is 5.56 Å². The van der Waals surface area contributed by atoms with E-state index >= 15 is 0 Å². The smallest absolute Gasteiger partial charge is 0.291 e. The van der Waals surface area contributed by atoms with Crippen LogP contribution in [0.5, 0.6) is 5.75 Å². The van der Waals surface area contributed by atoms with Gasteiger partial charge < -0.3 is 4.74 Å². The summed E-state index contributed by atoms with van der Waals surface area (Å²) >= 11 is 1.25. The van der Waals surface area contributed by atoms with Crippen LogP contribution in [-0.2, 0) is 0 Å². The molecule has 0 amide bonds. The molecule has 7 heteroatoms. The number of ether oxygens (including phenoxy) is 1. The van der Waals surface area contributed by atoms with E-state index in [1.807, 2.05) is 24.3 Å². The summed E-state index contributed by atoms with van der Waals surface area (Å²) in [6, 6.07) is 13.3. The van der Waals surface area contributed by atoms with Gasteiger partial charge in [0, 0.05) is 11.1 Å². The summed E-state index contributed by atoms with van der Waals surface area (Å²) < 4.78 is 20.1. The van der Waals surface area contributed by atoms with Gasteiger partial charge in [-0.1, -0.05) is 29.5 Å². The van der Waals surface area contributed by atoms with Crippen LogP contribution in [0.25, 0.3) is 22.4 Å². The van der Waals surface area contributed by atoms with Gasteiger partial charge in [-0.15, -0.1) is 5.10 Å². The number of nitrogens with zero attached hydrogens (tertiary/aromatic N) is 3. The molecule has 25 heavy (non-hydrogen) atoms. The number of halogens is 1. The molecule has 0 bridgehead atoms. The Morgan fingerprint density at radius 1 is 1.16 bits per heavy atom. The normalized spacial score (nSPS) is 12.0. The number of thiazole rings is 1. The number of benzene rings is 2. The molecule has 0 unspecified atom stereocenters. The number of hydrogen-bond donors (Lipinski definition) is 0. The summed E-state index contributed by atoms with van der Waals surface area (Å²) in [5, 5.41) is 4.25. The fourth-order valence-electron chi connectivity index (χ4n) is 2.48. The fourth-order valence-corrected chi connectivity index (χ4v) is 3.38. The summed E-state index contributed by atoms with van der Waals surface area (Å²) in [5.74, 6) is 0.753. The van der Waals surface area contributed by atoms with E-state index in [1.54, 1.807) is 25.3 Å². The molecule has 0 saturated heterocycles. The molecule has 0 saturated carbocycles. The van der Waals surface area contributed by atoms with Crippen molar-refractivity contribution in [2.75, 3.05) is 7.11 Å². The third-order valence-corrected chi connectivity index (χ3v) is 4.67. The van der Waals surface area contributed by atoms with Crippen molar-refractivity contribution in [3.05, 3.63) is 74.8 Å². The second-order valence-corrected chi connectivity index (χ2v) is 6.30. The molecule has 0 atom stereocenters. The zero-order valence-corrected chi connectivity index (χ0v) is 14.0. The van der Waals surface area contributed by atoms with Gasteiger partial charge in [-0.25, -0.2) is 4.39 Å². The van der Waals surface area contributed by atoms with Crippen LogP contribution in [-0.4, -0.2) is 21.7 Å². The molecular formula is C18H12FN3O2S. The minimum atomic E-state index is -0.331. The van der Waals surface area contributed by atoms with Crippen molar-refractivity contribution < 1.29 is 9.13 Å². The van der Waals surface area contributed by atoms with Gasteiger partial charge in [-0.2, -0.15) is 9.50 Å². The molecule has 0 radical (unpaired) electrons. The summed E-state index contributed by atoms with van der Waals surface area (Å²) in [6.45, 7) is 0. The summed E-state index contributed by atoms with van der Waals surface area (Å²) in [7, 11) is 1.59. The summed E-state index contributed by atoms with van der Waals surface area (Å²) in [5.41, 5.74) is 1.23. The standard InChI is InChI=1S/C18H12FN3O2S/c1-24-14-5-3-2-4-12(14)10-15-17(23)22-18(25-15)20-16(21-22)11-6-8-13(19)9-7-11/h2-10H,1H3. The highest BCUT2D eigenvalue weighted by Gasteiger charge is 2.12. The largest absolute Gasteiger partial charge is 0.496 e. The highest BCUT2D eigenvalue weighted by molar-refractivity contribution is 7.15. The third kappa shape index (κ3) is 2.78. The van der Waals surface area contributed by atoms with Crippen LogP contribution >= 0.6 is 11.3 Å². The van der Waals surface area contributed by atoms with Crippen LogP contribution in [0.15, 0.2) is 53.3 Å². The number of aromatic nitrogens is 3. The predicted octanol–water partition coefficient (Wildman–Crippen LogP) is 2.51. The SMILES string of the molecule is COc1ccccc1C=c1sc2nc(-c3ccc(F)cc3)nn2c1=O. The number of para-hydroxylation sites is 1. The maximum Gasteiger partial charge on any atom is 0.291 e. The number of hydrogen-bond acceptors (Lipinski definition) is 5. The Balaban J connectivity index is 1.82. The van der Waals surface area contributed by atoms with Crippen LogP contribution in [0.4, 0.5) is 4.39 Å². The maximum absolute atomic E-state index is 13.0. The van der Waals surface area contributed by atoms with Crippen molar-refractivity contribution in [3.63, 3.8) is 0 Å². The molecule has 0 aliphatic carbocycles. The minimum absolute atomic E-state index is 0.244. The lowest BCUT2D eigenvalue weighted by atomic mass is 10.2. The van der Waals surface area contributed by atoms with Crippen molar-refractivity contribution in [3.8, 4) is 17.1 Å². The van der Waals surface area contributed by atoms with Gasteiger partial charge in [0.1, 0.15) is 11.6 Å². The topological polar surface area (TPSA) is 56.5 Å². The first-order valence-corrected chi connectivity index (χ1v) is 8.27. The summed E-state index contributed by atoms with van der Waals surface area (Å²) in [6.07, 6.45) is 1.76. The fraction of sp³-hybridized carbons (Fsp3) is 0.0556. The number of rotatable bonds is 3. The molecule has 2 heterocycles. The van der Waals surface area contributed by atoms with E-state index in [2.05, 4.69) is 10.1 Å². The first-order valence-electron chi connectivity index (χ1n) is 7.46. The molecule has 4 rings (SSSR count). The number of methoxy groups -OCH3 is 1. The van der Waals surface area contributed by atoms with Gasteiger partial charge in [0.15, 0.2) is 5.82 Å². The lowest BCUT2D eigenvalue weighted by Gasteiger charge is -2.02. The van der Waals surface area contributed by atoms with E-state index in [4.69, 9.17) is 4.74 Å². The monoisotopic (exact) mass is 353 g/mol. The first kappa shape index (κ1) is 15.5. The first-order chi connectivity index (χ1) is 12.2. The molecule has 0 aliphatic heterocycles. The summed E-state index contributed by atoms with van der Waals surface area (Å²) in [4.78, 5) is 17.4. The Bertz CT molecular complexity index is 1170. The van der Waals surface area contributed by atoms with E-state index in [-0.39, 0.29) is 11.4 Å². The van der Waals surface area contributed by atoms with Crippen molar-refractivity contribution in [2.45, 2.75) is 0 Å². The van der Waals surface area contributed by atoms with E-state index in [0.29, 0.717) is 26.6 Å². The van der Waals surface area contributed by atoms with Crippen LogP contribution in [0, 0.1) is 5.82 Å². The molecule has 0 N–H and O–H groups in total. The van der Waals surface area contributed by atoms with E-state index in [9.17, 15) is 9.18 Å². The highest BCUT2D eigenvalue weighted by atomic mass is 32.1. The zero-order valence-electron chi connectivity index (χ0n) is 13.1. The van der Waals surface area contributed by atoms with Crippen molar-refractivity contribution in [2.24, 2.45) is 0 Å². The van der Waals surface area contributed by atoms with E-state index in [1.165, 1.54) is 28.0 Å². The van der Waals surface area contributed by atoms with Crippen molar-refractivity contribution >= 4 is 22.4 Å². The van der Waals surface area contributed by atoms with E-state index < -0.39 is 0 Å². The maximum atomic E-state index is 13.0. The molecule has 0 fully saturated rings. The molecule has 5 nitrogen and oxygen atoms in total. The molecule has 2 aromatic heterocycles. The van der Waals surface area contributed by atoms with Crippen molar-refractivity contribution in [1.29, 1.82) is 0 Å².